The van der Waals surface area contributed by atoms with Crippen molar-refractivity contribution in [3.05, 3.63) is 47.7 Å². The molecule has 0 radical (unpaired) electrons. The third kappa shape index (κ3) is 4.06. The first-order valence-corrected chi connectivity index (χ1v) is 8.22. The summed E-state index contributed by atoms with van der Waals surface area (Å²) in [7, 11) is 2.08. The molecule has 2 heterocycles. The summed E-state index contributed by atoms with van der Waals surface area (Å²) in [6, 6.07) is 6.38. The molecule has 1 unspecified atom stereocenters. The molecule has 1 atom stereocenters. The number of nitrogens with zero attached hydrogens (tertiary/aromatic N) is 4. The zero-order valence-electron chi connectivity index (χ0n) is 15.3. The molecule has 0 aliphatic carbocycles. The van der Waals surface area contributed by atoms with Crippen LogP contribution in [-0.4, -0.2) is 22.0 Å². The second-order valence-electron chi connectivity index (χ2n) is 7.45. The molecule has 4 heteroatoms. The Hall–Kier alpha value is -1.97. The lowest BCUT2D eigenvalue weighted by atomic mass is 9.91. The van der Waals surface area contributed by atoms with E-state index in [1.807, 2.05) is 12.3 Å². The van der Waals surface area contributed by atoms with Crippen molar-refractivity contribution < 1.29 is 0 Å². The molecule has 23 heavy (non-hydrogen) atoms. The maximum absolute atomic E-state index is 4.79. The van der Waals surface area contributed by atoms with Gasteiger partial charge in [0.2, 0.25) is 0 Å². The van der Waals surface area contributed by atoms with Crippen LogP contribution >= 0.6 is 0 Å². The standard InChI is InChI=1S/C19H28N4/c1-13(2)18-21-16(19(4,5)6)11-17(22-18)23(7)14(3)15-9-8-10-20-12-15/h8-14H,1-7H3. The molecule has 0 aromatic carbocycles. The van der Waals surface area contributed by atoms with E-state index < -0.39 is 0 Å². The number of aromatic nitrogens is 3. The van der Waals surface area contributed by atoms with Gasteiger partial charge in [0.25, 0.3) is 0 Å². The highest BCUT2D eigenvalue weighted by Crippen LogP contribution is 2.29. The first kappa shape index (κ1) is 17.4. The van der Waals surface area contributed by atoms with Gasteiger partial charge >= 0.3 is 0 Å². The van der Waals surface area contributed by atoms with Crippen LogP contribution in [0.15, 0.2) is 30.6 Å². The molecule has 0 bridgehead atoms. The number of anilines is 1. The Morgan fingerprint density at radius 3 is 2.30 bits per heavy atom. The highest BCUT2D eigenvalue weighted by Gasteiger charge is 2.22. The number of rotatable bonds is 4. The Kier molecular flexibility index (Phi) is 5.03. The molecule has 0 spiro atoms. The molecule has 0 N–H and O–H groups in total. The van der Waals surface area contributed by atoms with Crippen molar-refractivity contribution in [1.29, 1.82) is 0 Å². The summed E-state index contributed by atoms with van der Waals surface area (Å²) in [4.78, 5) is 16.0. The van der Waals surface area contributed by atoms with Crippen LogP contribution in [0.5, 0.6) is 0 Å². The van der Waals surface area contributed by atoms with Gasteiger partial charge in [-0.3, -0.25) is 4.98 Å². The van der Waals surface area contributed by atoms with Gasteiger partial charge in [-0.2, -0.15) is 0 Å². The van der Waals surface area contributed by atoms with Crippen LogP contribution in [0, 0.1) is 0 Å². The summed E-state index contributed by atoms with van der Waals surface area (Å²) in [6.07, 6.45) is 3.71. The SMILES string of the molecule is CC(C)c1nc(N(C)C(C)c2cccnc2)cc(C(C)(C)C)n1. The van der Waals surface area contributed by atoms with E-state index in [2.05, 4.69) is 70.6 Å². The van der Waals surface area contributed by atoms with Gasteiger partial charge in [0.1, 0.15) is 11.6 Å². The van der Waals surface area contributed by atoms with Gasteiger partial charge in [-0.05, 0) is 18.6 Å². The van der Waals surface area contributed by atoms with E-state index in [9.17, 15) is 0 Å². The predicted molar refractivity (Wildman–Crippen MR) is 95.9 cm³/mol. The van der Waals surface area contributed by atoms with Crippen molar-refractivity contribution in [3.63, 3.8) is 0 Å². The third-order valence-electron chi connectivity index (χ3n) is 4.12. The highest BCUT2D eigenvalue weighted by molar-refractivity contribution is 5.43. The van der Waals surface area contributed by atoms with Crippen molar-refractivity contribution in [2.45, 2.75) is 58.9 Å². The second kappa shape index (κ2) is 6.65. The van der Waals surface area contributed by atoms with E-state index in [0.29, 0.717) is 5.92 Å². The lowest BCUT2D eigenvalue weighted by Crippen LogP contribution is -2.25. The molecule has 0 saturated carbocycles. The Bertz CT molecular complexity index is 644. The number of pyridine rings is 1. The summed E-state index contributed by atoms with van der Waals surface area (Å²) in [5.74, 6) is 2.17. The Labute approximate surface area is 140 Å². The summed E-state index contributed by atoms with van der Waals surface area (Å²) in [6.45, 7) is 13.0. The van der Waals surface area contributed by atoms with Crippen molar-refractivity contribution >= 4 is 5.82 Å². The second-order valence-corrected chi connectivity index (χ2v) is 7.45. The molecule has 4 nitrogen and oxygen atoms in total. The van der Waals surface area contributed by atoms with E-state index in [1.54, 1.807) is 6.20 Å². The quantitative estimate of drug-likeness (QED) is 0.834. The maximum atomic E-state index is 4.79. The average Bonchev–Trinajstić information content (AvgIpc) is 2.53. The van der Waals surface area contributed by atoms with Gasteiger partial charge in [-0.25, -0.2) is 9.97 Å². The molecule has 0 amide bonds. The Morgan fingerprint density at radius 2 is 1.78 bits per heavy atom. The molecular formula is C19H28N4. The van der Waals surface area contributed by atoms with Crippen molar-refractivity contribution in [2.24, 2.45) is 0 Å². The van der Waals surface area contributed by atoms with Crippen molar-refractivity contribution in [1.82, 2.24) is 15.0 Å². The first-order valence-electron chi connectivity index (χ1n) is 8.22. The van der Waals surface area contributed by atoms with Gasteiger partial charge in [-0.1, -0.05) is 40.7 Å². The van der Waals surface area contributed by atoms with Gasteiger partial charge in [0, 0.05) is 36.8 Å². The lowest BCUT2D eigenvalue weighted by Gasteiger charge is -2.28. The normalized spacial score (nSPS) is 13.2. The maximum Gasteiger partial charge on any atom is 0.133 e. The summed E-state index contributed by atoms with van der Waals surface area (Å²) in [5, 5.41) is 0. The topological polar surface area (TPSA) is 41.9 Å². The minimum atomic E-state index is -0.000287. The smallest absolute Gasteiger partial charge is 0.133 e. The van der Waals surface area contributed by atoms with Crippen molar-refractivity contribution in [3.8, 4) is 0 Å². The molecule has 0 aliphatic rings. The largest absolute Gasteiger partial charge is 0.353 e. The van der Waals surface area contributed by atoms with Gasteiger partial charge in [-0.15, -0.1) is 0 Å². The zero-order chi connectivity index (χ0) is 17.2. The number of hydrogen-bond donors (Lipinski definition) is 0. The fourth-order valence-electron chi connectivity index (χ4n) is 2.32. The van der Waals surface area contributed by atoms with Crippen LogP contribution in [-0.2, 0) is 5.41 Å². The summed E-state index contributed by atoms with van der Waals surface area (Å²) >= 11 is 0. The van der Waals surface area contributed by atoms with Gasteiger partial charge in [0.15, 0.2) is 0 Å². The first-order chi connectivity index (χ1) is 10.7. The lowest BCUT2D eigenvalue weighted by molar-refractivity contribution is 0.556. The summed E-state index contributed by atoms with van der Waals surface area (Å²) in [5.41, 5.74) is 2.26. The van der Waals surface area contributed by atoms with E-state index in [1.165, 1.54) is 5.56 Å². The monoisotopic (exact) mass is 312 g/mol. The van der Waals surface area contributed by atoms with Crippen molar-refractivity contribution in [2.75, 3.05) is 11.9 Å². The Balaban J connectivity index is 2.43. The molecule has 124 valence electrons. The molecule has 2 aromatic heterocycles. The zero-order valence-corrected chi connectivity index (χ0v) is 15.3. The molecule has 0 fully saturated rings. The molecule has 2 rings (SSSR count). The van der Waals surface area contributed by atoms with E-state index in [4.69, 9.17) is 9.97 Å². The summed E-state index contributed by atoms with van der Waals surface area (Å²) < 4.78 is 0. The fraction of sp³-hybridized carbons (Fsp3) is 0.526. The minimum absolute atomic E-state index is 0.000287. The van der Waals surface area contributed by atoms with Gasteiger partial charge < -0.3 is 4.90 Å². The average molecular weight is 312 g/mol. The molecular weight excluding hydrogens is 284 g/mol. The molecule has 0 saturated heterocycles. The minimum Gasteiger partial charge on any atom is -0.353 e. The van der Waals surface area contributed by atoms with Crippen LogP contribution < -0.4 is 4.90 Å². The highest BCUT2D eigenvalue weighted by atomic mass is 15.2. The van der Waals surface area contributed by atoms with Gasteiger partial charge in [0.05, 0.1) is 11.7 Å². The van der Waals surface area contributed by atoms with E-state index in [-0.39, 0.29) is 11.5 Å². The van der Waals surface area contributed by atoms with Crippen LogP contribution in [0.1, 0.15) is 70.6 Å². The fourth-order valence-corrected chi connectivity index (χ4v) is 2.32. The van der Waals surface area contributed by atoms with Crippen LogP contribution in [0.4, 0.5) is 5.82 Å². The van der Waals surface area contributed by atoms with Crippen LogP contribution in [0.3, 0.4) is 0 Å². The number of hydrogen-bond acceptors (Lipinski definition) is 4. The molecule has 2 aromatic rings. The molecule has 0 aliphatic heterocycles. The predicted octanol–water partition coefficient (Wildman–Crippen LogP) is 4.49. The van der Waals surface area contributed by atoms with E-state index >= 15 is 0 Å². The van der Waals surface area contributed by atoms with Crippen LogP contribution in [0.2, 0.25) is 0 Å². The van der Waals surface area contributed by atoms with E-state index in [0.717, 1.165) is 17.3 Å². The third-order valence-corrected chi connectivity index (χ3v) is 4.12. The Morgan fingerprint density at radius 1 is 1.09 bits per heavy atom. The van der Waals surface area contributed by atoms with Crippen LogP contribution in [0.25, 0.3) is 0 Å².